The summed E-state index contributed by atoms with van der Waals surface area (Å²) in [6.07, 6.45) is 6.08. The summed E-state index contributed by atoms with van der Waals surface area (Å²) < 4.78 is 5.87. The molecule has 1 aromatic carbocycles. The Bertz CT molecular complexity index is 530. The summed E-state index contributed by atoms with van der Waals surface area (Å²) in [4.78, 5) is 14.6. The Balaban J connectivity index is 1.44. The van der Waals surface area contributed by atoms with Gasteiger partial charge in [-0.2, -0.15) is 0 Å². The van der Waals surface area contributed by atoms with Crippen LogP contribution in [0.25, 0.3) is 0 Å². The average molecular weight is 316 g/mol. The fourth-order valence-electron chi connectivity index (χ4n) is 3.84. The van der Waals surface area contributed by atoms with Crippen molar-refractivity contribution >= 4 is 5.91 Å². The predicted molar refractivity (Wildman–Crippen MR) is 91.5 cm³/mol. The SMILES string of the molecule is Cc1ccccc1CCNC(=O)CN1CCOC2CCCCC21. The molecular weight excluding hydrogens is 288 g/mol. The minimum atomic E-state index is 0.143. The predicted octanol–water partition coefficient (Wildman–Crippen LogP) is 2.30. The number of ether oxygens (including phenoxy) is 1. The summed E-state index contributed by atoms with van der Waals surface area (Å²) >= 11 is 0. The molecule has 3 rings (SSSR count). The molecule has 126 valence electrons. The van der Waals surface area contributed by atoms with Gasteiger partial charge in [0.05, 0.1) is 19.3 Å². The van der Waals surface area contributed by atoms with E-state index in [0.29, 0.717) is 25.2 Å². The van der Waals surface area contributed by atoms with Crippen LogP contribution in [0.4, 0.5) is 0 Å². The summed E-state index contributed by atoms with van der Waals surface area (Å²) in [7, 11) is 0. The van der Waals surface area contributed by atoms with Gasteiger partial charge in [-0.05, 0) is 37.3 Å². The van der Waals surface area contributed by atoms with Crippen molar-refractivity contribution in [3.05, 3.63) is 35.4 Å². The lowest BCUT2D eigenvalue weighted by atomic mass is 9.90. The van der Waals surface area contributed by atoms with Gasteiger partial charge in [0.2, 0.25) is 5.91 Å². The van der Waals surface area contributed by atoms with Crippen molar-refractivity contribution in [3.63, 3.8) is 0 Å². The summed E-state index contributed by atoms with van der Waals surface area (Å²) in [5, 5.41) is 3.08. The Kier molecular flexibility index (Phi) is 5.68. The molecule has 2 unspecified atom stereocenters. The first-order valence-corrected chi connectivity index (χ1v) is 8.91. The zero-order valence-corrected chi connectivity index (χ0v) is 14.1. The number of benzene rings is 1. The second-order valence-electron chi connectivity index (χ2n) is 6.76. The molecule has 1 aromatic rings. The van der Waals surface area contributed by atoms with Crippen LogP contribution in [-0.4, -0.2) is 49.2 Å². The summed E-state index contributed by atoms with van der Waals surface area (Å²) in [5.74, 6) is 0.143. The maximum absolute atomic E-state index is 12.3. The van der Waals surface area contributed by atoms with Crippen LogP contribution in [0.2, 0.25) is 0 Å². The summed E-state index contributed by atoms with van der Waals surface area (Å²) in [5.41, 5.74) is 2.60. The molecule has 4 nitrogen and oxygen atoms in total. The molecule has 1 amide bonds. The number of amides is 1. The Morgan fingerprint density at radius 2 is 2.13 bits per heavy atom. The number of aryl methyl sites for hydroxylation is 1. The van der Waals surface area contributed by atoms with Crippen LogP contribution in [0.1, 0.15) is 36.8 Å². The summed E-state index contributed by atoms with van der Waals surface area (Å²) in [6, 6.07) is 8.81. The highest BCUT2D eigenvalue weighted by molar-refractivity contribution is 5.78. The van der Waals surface area contributed by atoms with Gasteiger partial charge in [-0.3, -0.25) is 9.69 Å². The first-order chi connectivity index (χ1) is 11.2. The minimum Gasteiger partial charge on any atom is -0.375 e. The van der Waals surface area contributed by atoms with E-state index >= 15 is 0 Å². The maximum Gasteiger partial charge on any atom is 0.234 e. The largest absolute Gasteiger partial charge is 0.375 e. The van der Waals surface area contributed by atoms with E-state index in [1.807, 2.05) is 0 Å². The van der Waals surface area contributed by atoms with Crippen LogP contribution in [0.3, 0.4) is 0 Å². The van der Waals surface area contributed by atoms with E-state index in [1.165, 1.54) is 30.4 Å². The number of fused-ring (bicyclic) bond motifs is 1. The second-order valence-corrected chi connectivity index (χ2v) is 6.76. The third-order valence-corrected chi connectivity index (χ3v) is 5.17. The van der Waals surface area contributed by atoms with Crippen molar-refractivity contribution in [1.29, 1.82) is 0 Å². The third-order valence-electron chi connectivity index (χ3n) is 5.17. The molecule has 0 aromatic heterocycles. The van der Waals surface area contributed by atoms with E-state index in [1.54, 1.807) is 0 Å². The highest BCUT2D eigenvalue weighted by atomic mass is 16.5. The molecule has 0 spiro atoms. The fourth-order valence-corrected chi connectivity index (χ4v) is 3.84. The van der Waals surface area contributed by atoms with Gasteiger partial charge in [0.25, 0.3) is 0 Å². The summed E-state index contributed by atoms with van der Waals surface area (Å²) in [6.45, 7) is 4.98. The van der Waals surface area contributed by atoms with Crippen molar-refractivity contribution in [2.75, 3.05) is 26.2 Å². The molecule has 1 N–H and O–H groups in total. The van der Waals surface area contributed by atoms with Crippen LogP contribution in [0.5, 0.6) is 0 Å². The molecule has 1 aliphatic heterocycles. The quantitative estimate of drug-likeness (QED) is 0.906. The lowest BCUT2D eigenvalue weighted by Crippen LogP contribution is -2.55. The fraction of sp³-hybridized carbons (Fsp3) is 0.632. The van der Waals surface area contributed by atoms with Crippen molar-refractivity contribution < 1.29 is 9.53 Å². The number of carbonyl (C=O) groups excluding carboxylic acids is 1. The zero-order valence-electron chi connectivity index (χ0n) is 14.1. The minimum absolute atomic E-state index is 0.143. The number of carbonyl (C=O) groups is 1. The number of rotatable bonds is 5. The van der Waals surface area contributed by atoms with Crippen LogP contribution < -0.4 is 5.32 Å². The molecule has 0 radical (unpaired) electrons. The molecule has 1 saturated carbocycles. The third kappa shape index (κ3) is 4.33. The van der Waals surface area contributed by atoms with Crippen molar-refractivity contribution in [2.24, 2.45) is 0 Å². The molecule has 4 heteroatoms. The lowest BCUT2D eigenvalue weighted by Gasteiger charge is -2.43. The number of hydrogen-bond acceptors (Lipinski definition) is 3. The molecule has 2 aliphatic rings. The van der Waals surface area contributed by atoms with Gasteiger partial charge in [-0.25, -0.2) is 0 Å². The van der Waals surface area contributed by atoms with Gasteiger partial charge < -0.3 is 10.1 Å². The average Bonchev–Trinajstić information content (AvgIpc) is 2.57. The number of hydrogen-bond donors (Lipinski definition) is 1. The van der Waals surface area contributed by atoms with Crippen LogP contribution in [-0.2, 0) is 16.0 Å². The molecule has 2 fully saturated rings. The standard InChI is InChI=1S/C19H28N2O2/c1-15-6-2-3-7-16(15)10-11-20-19(22)14-21-12-13-23-18-9-5-4-8-17(18)21/h2-3,6-7,17-18H,4-5,8-14H2,1H3,(H,20,22). The zero-order chi connectivity index (χ0) is 16.1. The van der Waals surface area contributed by atoms with Crippen molar-refractivity contribution in [3.8, 4) is 0 Å². The number of nitrogens with zero attached hydrogens (tertiary/aromatic N) is 1. The highest BCUT2D eigenvalue weighted by Gasteiger charge is 2.34. The molecular formula is C19H28N2O2. The van der Waals surface area contributed by atoms with Gasteiger partial charge in [-0.15, -0.1) is 0 Å². The molecule has 1 heterocycles. The van der Waals surface area contributed by atoms with E-state index < -0.39 is 0 Å². The Morgan fingerprint density at radius 3 is 3.00 bits per heavy atom. The Hall–Kier alpha value is -1.39. The lowest BCUT2D eigenvalue weighted by molar-refractivity contribution is -0.129. The van der Waals surface area contributed by atoms with Crippen LogP contribution >= 0.6 is 0 Å². The molecule has 0 bridgehead atoms. The van der Waals surface area contributed by atoms with Crippen LogP contribution in [0.15, 0.2) is 24.3 Å². The van der Waals surface area contributed by atoms with Gasteiger partial charge in [0.15, 0.2) is 0 Å². The smallest absolute Gasteiger partial charge is 0.234 e. The molecule has 1 aliphatic carbocycles. The first kappa shape index (κ1) is 16.5. The Labute approximate surface area is 139 Å². The normalized spacial score (nSPS) is 24.9. The second kappa shape index (κ2) is 7.93. The van der Waals surface area contributed by atoms with Gasteiger partial charge in [0.1, 0.15) is 0 Å². The van der Waals surface area contributed by atoms with Gasteiger partial charge in [0, 0.05) is 19.1 Å². The van der Waals surface area contributed by atoms with Gasteiger partial charge >= 0.3 is 0 Å². The Morgan fingerprint density at radius 1 is 1.30 bits per heavy atom. The number of nitrogens with one attached hydrogen (secondary N) is 1. The van der Waals surface area contributed by atoms with Crippen molar-refractivity contribution in [1.82, 2.24) is 10.2 Å². The van der Waals surface area contributed by atoms with E-state index in [2.05, 4.69) is 41.4 Å². The van der Waals surface area contributed by atoms with E-state index in [4.69, 9.17) is 4.74 Å². The highest BCUT2D eigenvalue weighted by Crippen LogP contribution is 2.28. The van der Waals surface area contributed by atoms with E-state index in [-0.39, 0.29) is 5.91 Å². The van der Waals surface area contributed by atoms with E-state index in [9.17, 15) is 4.79 Å². The van der Waals surface area contributed by atoms with Gasteiger partial charge in [-0.1, -0.05) is 37.1 Å². The van der Waals surface area contributed by atoms with Crippen molar-refractivity contribution in [2.45, 2.75) is 51.2 Å². The molecule has 23 heavy (non-hydrogen) atoms. The van der Waals surface area contributed by atoms with E-state index in [0.717, 1.165) is 26.0 Å². The maximum atomic E-state index is 12.3. The van der Waals surface area contributed by atoms with Crippen LogP contribution in [0, 0.1) is 6.92 Å². The molecule has 1 saturated heterocycles. The molecule has 2 atom stereocenters. The first-order valence-electron chi connectivity index (χ1n) is 8.91. The monoisotopic (exact) mass is 316 g/mol. The topological polar surface area (TPSA) is 41.6 Å². The number of morpholine rings is 1.